The quantitative estimate of drug-likeness (QED) is 0.249. The van der Waals surface area contributed by atoms with Gasteiger partial charge in [0.1, 0.15) is 5.75 Å². The molecule has 27 heavy (non-hydrogen) atoms. The van der Waals surface area contributed by atoms with Gasteiger partial charge in [-0.25, -0.2) is 5.43 Å². The molecule has 142 valence electrons. The average Bonchev–Trinajstić information content (AvgIpc) is 2.65. The van der Waals surface area contributed by atoms with Crippen molar-refractivity contribution in [2.45, 2.75) is 13.3 Å². The molecule has 7 heteroatoms. The first kappa shape index (κ1) is 20.8. The minimum atomic E-state index is -0.374. The number of hydrogen-bond donors (Lipinski definition) is 2. The van der Waals surface area contributed by atoms with Crippen LogP contribution < -0.4 is 14.9 Å². The summed E-state index contributed by atoms with van der Waals surface area (Å²) >= 11 is 2.14. The molecule has 0 bridgehead atoms. The molecule has 0 aromatic heterocycles. The lowest BCUT2D eigenvalue weighted by atomic mass is 10.1. The molecule has 0 unspecified atom stereocenters. The smallest absolute Gasteiger partial charge is 0.277 e. The van der Waals surface area contributed by atoms with Gasteiger partial charge in [-0.3, -0.25) is 4.79 Å². The Morgan fingerprint density at radius 1 is 1.30 bits per heavy atom. The number of halogens is 1. The van der Waals surface area contributed by atoms with Crippen molar-refractivity contribution in [3.63, 3.8) is 0 Å². The lowest BCUT2D eigenvalue weighted by Gasteiger charge is -2.11. The van der Waals surface area contributed by atoms with E-state index in [4.69, 9.17) is 9.47 Å². The van der Waals surface area contributed by atoms with Crippen molar-refractivity contribution in [1.82, 2.24) is 5.43 Å². The van der Waals surface area contributed by atoms with Crippen LogP contribution >= 0.6 is 22.6 Å². The fourth-order valence-electron chi connectivity index (χ4n) is 2.26. The molecule has 0 heterocycles. The summed E-state index contributed by atoms with van der Waals surface area (Å²) < 4.78 is 11.8. The zero-order valence-electron chi connectivity index (χ0n) is 14.9. The third-order valence-corrected chi connectivity index (χ3v) is 4.33. The summed E-state index contributed by atoms with van der Waals surface area (Å²) in [6.45, 7) is 5.80. The zero-order chi connectivity index (χ0) is 19.6. The first-order valence-electron chi connectivity index (χ1n) is 8.34. The Balaban J connectivity index is 1.99. The van der Waals surface area contributed by atoms with E-state index in [9.17, 15) is 9.90 Å². The van der Waals surface area contributed by atoms with Crippen LogP contribution in [0.1, 0.15) is 18.1 Å². The number of para-hydroxylation sites is 1. The third kappa shape index (κ3) is 6.28. The van der Waals surface area contributed by atoms with E-state index in [2.05, 4.69) is 39.7 Å². The summed E-state index contributed by atoms with van der Waals surface area (Å²) in [6.07, 6.45) is 3.66. The van der Waals surface area contributed by atoms with Crippen LogP contribution in [-0.4, -0.2) is 30.4 Å². The highest BCUT2D eigenvalue weighted by molar-refractivity contribution is 14.1. The van der Waals surface area contributed by atoms with E-state index in [1.54, 1.807) is 24.3 Å². The lowest BCUT2D eigenvalue weighted by Crippen LogP contribution is -2.24. The molecule has 2 aromatic rings. The SMILES string of the molecule is C=CCc1cc(/C=N/NC(=O)COc2ccccc2I)cc(OCC)c1O. The number of nitrogens with one attached hydrogen (secondary N) is 1. The highest BCUT2D eigenvalue weighted by Crippen LogP contribution is 2.31. The minimum absolute atomic E-state index is 0.0869. The molecule has 2 aromatic carbocycles. The number of hydrogen-bond acceptors (Lipinski definition) is 5. The average molecular weight is 480 g/mol. The monoisotopic (exact) mass is 480 g/mol. The zero-order valence-corrected chi connectivity index (χ0v) is 17.1. The molecule has 2 rings (SSSR count). The van der Waals surface area contributed by atoms with Gasteiger partial charge in [0.15, 0.2) is 18.1 Å². The van der Waals surface area contributed by atoms with E-state index >= 15 is 0 Å². The summed E-state index contributed by atoms with van der Waals surface area (Å²) in [7, 11) is 0. The van der Waals surface area contributed by atoms with Gasteiger partial charge in [-0.1, -0.05) is 18.2 Å². The van der Waals surface area contributed by atoms with Crippen LogP contribution in [0, 0.1) is 3.57 Å². The van der Waals surface area contributed by atoms with Gasteiger partial charge in [-0.05, 0) is 65.8 Å². The van der Waals surface area contributed by atoms with Crippen molar-refractivity contribution < 1.29 is 19.4 Å². The third-order valence-electron chi connectivity index (χ3n) is 3.44. The number of benzene rings is 2. The number of rotatable bonds is 9. The maximum atomic E-state index is 11.9. The minimum Gasteiger partial charge on any atom is -0.504 e. The largest absolute Gasteiger partial charge is 0.504 e. The van der Waals surface area contributed by atoms with E-state index in [-0.39, 0.29) is 18.3 Å². The molecule has 0 spiro atoms. The number of hydrazone groups is 1. The fourth-order valence-corrected chi connectivity index (χ4v) is 2.80. The standard InChI is InChI=1S/C20H21IN2O4/c1-3-7-15-10-14(11-18(20(15)25)26-4-2)12-22-23-19(24)13-27-17-9-6-5-8-16(17)21/h3,5-6,8-12,25H,1,4,7,13H2,2H3,(H,23,24)/b22-12+. The molecule has 0 aliphatic carbocycles. The lowest BCUT2D eigenvalue weighted by molar-refractivity contribution is -0.123. The van der Waals surface area contributed by atoms with Crippen LogP contribution in [0.2, 0.25) is 0 Å². The first-order valence-corrected chi connectivity index (χ1v) is 9.41. The Labute approximate surface area is 172 Å². The number of ether oxygens (including phenoxy) is 2. The molecular formula is C20H21IN2O4. The number of nitrogens with zero attached hydrogens (tertiary/aromatic N) is 1. The number of allylic oxidation sites excluding steroid dienone is 1. The maximum Gasteiger partial charge on any atom is 0.277 e. The Hall–Kier alpha value is -2.55. The fraction of sp³-hybridized carbons (Fsp3) is 0.200. The van der Waals surface area contributed by atoms with Crippen LogP contribution in [0.3, 0.4) is 0 Å². The molecule has 0 aliphatic rings. The van der Waals surface area contributed by atoms with Crippen molar-refractivity contribution in [1.29, 1.82) is 0 Å². The van der Waals surface area contributed by atoms with E-state index in [1.165, 1.54) is 6.21 Å². The molecule has 6 nitrogen and oxygen atoms in total. The predicted octanol–water partition coefficient (Wildman–Crippen LogP) is 3.65. The predicted molar refractivity (Wildman–Crippen MR) is 114 cm³/mol. The van der Waals surface area contributed by atoms with Crippen molar-refractivity contribution in [2.75, 3.05) is 13.2 Å². The molecule has 0 atom stereocenters. The second-order valence-electron chi connectivity index (χ2n) is 5.46. The Morgan fingerprint density at radius 3 is 2.78 bits per heavy atom. The molecule has 0 saturated carbocycles. The van der Waals surface area contributed by atoms with Crippen LogP contribution in [0.15, 0.2) is 54.2 Å². The number of phenolic OH excluding ortho intramolecular Hbond substituents is 1. The van der Waals surface area contributed by atoms with Crippen molar-refractivity contribution >= 4 is 34.7 Å². The van der Waals surface area contributed by atoms with E-state index < -0.39 is 0 Å². The second-order valence-corrected chi connectivity index (χ2v) is 6.63. The summed E-state index contributed by atoms with van der Waals surface area (Å²) in [6, 6.07) is 10.9. The molecule has 0 fully saturated rings. The van der Waals surface area contributed by atoms with Crippen LogP contribution in [0.25, 0.3) is 0 Å². The molecular weight excluding hydrogens is 459 g/mol. The second kappa shape index (κ2) is 10.6. The van der Waals surface area contributed by atoms with Crippen molar-refractivity contribution in [3.05, 3.63) is 63.8 Å². The van der Waals surface area contributed by atoms with Crippen molar-refractivity contribution in [3.8, 4) is 17.2 Å². The van der Waals surface area contributed by atoms with Gasteiger partial charge in [0.05, 0.1) is 16.4 Å². The van der Waals surface area contributed by atoms with Gasteiger partial charge in [0.25, 0.3) is 5.91 Å². The van der Waals surface area contributed by atoms with Crippen molar-refractivity contribution in [2.24, 2.45) is 5.10 Å². The number of carbonyl (C=O) groups is 1. The first-order chi connectivity index (χ1) is 13.0. The summed E-state index contributed by atoms with van der Waals surface area (Å²) in [5.74, 6) is 0.725. The van der Waals surface area contributed by atoms with E-state index in [1.807, 2.05) is 25.1 Å². The number of aromatic hydroxyl groups is 1. The normalized spacial score (nSPS) is 10.6. The van der Waals surface area contributed by atoms with E-state index in [0.29, 0.717) is 35.7 Å². The van der Waals surface area contributed by atoms with Gasteiger partial charge < -0.3 is 14.6 Å². The van der Waals surface area contributed by atoms with Gasteiger partial charge in [-0.15, -0.1) is 6.58 Å². The molecule has 1 amide bonds. The highest BCUT2D eigenvalue weighted by Gasteiger charge is 2.10. The number of phenols is 1. The summed E-state index contributed by atoms with van der Waals surface area (Å²) in [5.41, 5.74) is 3.78. The Morgan fingerprint density at radius 2 is 2.07 bits per heavy atom. The van der Waals surface area contributed by atoms with Crippen LogP contribution in [0.4, 0.5) is 0 Å². The van der Waals surface area contributed by atoms with Gasteiger partial charge >= 0.3 is 0 Å². The van der Waals surface area contributed by atoms with Gasteiger partial charge in [-0.2, -0.15) is 5.10 Å². The molecule has 0 radical (unpaired) electrons. The van der Waals surface area contributed by atoms with Crippen LogP contribution in [-0.2, 0) is 11.2 Å². The molecule has 0 saturated heterocycles. The van der Waals surface area contributed by atoms with E-state index in [0.717, 1.165) is 3.57 Å². The Kier molecular flexibility index (Phi) is 8.12. The van der Waals surface area contributed by atoms with Gasteiger partial charge in [0, 0.05) is 5.56 Å². The number of amides is 1. The maximum absolute atomic E-state index is 11.9. The molecule has 2 N–H and O–H groups in total. The summed E-state index contributed by atoms with van der Waals surface area (Å²) in [5, 5.41) is 14.1. The topological polar surface area (TPSA) is 80.2 Å². The molecule has 0 aliphatic heterocycles. The van der Waals surface area contributed by atoms with Crippen LogP contribution in [0.5, 0.6) is 17.2 Å². The number of carbonyl (C=O) groups excluding carboxylic acids is 1. The van der Waals surface area contributed by atoms with Gasteiger partial charge in [0.2, 0.25) is 0 Å². The highest BCUT2D eigenvalue weighted by atomic mass is 127. The summed E-state index contributed by atoms with van der Waals surface area (Å²) in [4.78, 5) is 11.9. The Bertz CT molecular complexity index is 837.